The van der Waals surface area contributed by atoms with Gasteiger partial charge in [0.25, 0.3) is 0 Å². The Balaban J connectivity index is 2.93. The number of hydrogen-bond donors (Lipinski definition) is 2. The minimum absolute atomic E-state index is 0.113. The molecule has 0 bridgehead atoms. The van der Waals surface area contributed by atoms with Crippen LogP contribution < -0.4 is 4.72 Å². The topological polar surface area (TPSA) is 95.9 Å². The van der Waals surface area contributed by atoms with Gasteiger partial charge in [-0.25, -0.2) is 0 Å². The van der Waals surface area contributed by atoms with E-state index in [9.17, 15) is 13.2 Å². The van der Waals surface area contributed by atoms with E-state index < -0.39 is 16.2 Å². The SMILES string of the molecule is COCc1c(Br)cccc1NS(=O)(=O)N(C)CCC(=O)O. The number of hydrogen-bond acceptors (Lipinski definition) is 4. The molecule has 1 aromatic carbocycles. The summed E-state index contributed by atoms with van der Waals surface area (Å²) in [4.78, 5) is 10.5. The van der Waals surface area contributed by atoms with Crippen LogP contribution in [-0.4, -0.2) is 44.5 Å². The van der Waals surface area contributed by atoms with Crippen LogP contribution in [0.15, 0.2) is 22.7 Å². The standard InChI is InChI=1S/C12H17BrN2O5S/c1-15(7-6-12(16)17)21(18,19)14-11-5-3-4-10(13)9(11)8-20-2/h3-5,14H,6-8H2,1-2H3,(H,16,17). The number of aliphatic carboxylic acids is 1. The minimum atomic E-state index is -3.82. The van der Waals surface area contributed by atoms with Gasteiger partial charge in [-0.1, -0.05) is 22.0 Å². The van der Waals surface area contributed by atoms with Gasteiger partial charge in [-0.05, 0) is 12.1 Å². The molecule has 0 aromatic heterocycles. The minimum Gasteiger partial charge on any atom is -0.481 e. The van der Waals surface area contributed by atoms with Crippen molar-refractivity contribution in [3.05, 3.63) is 28.2 Å². The molecule has 0 aliphatic rings. The Labute approximate surface area is 132 Å². The van der Waals surface area contributed by atoms with Crippen molar-refractivity contribution in [2.24, 2.45) is 0 Å². The number of benzene rings is 1. The molecule has 0 amide bonds. The van der Waals surface area contributed by atoms with Crippen molar-refractivity contribution in [2.45, 2.75) is 13.0 Å². The van der Waals surface area contributed by atoms with E-state index in [-0.39, 0.29) is 19.6 Å². The van der Waals surface area contributed by atoms with Crippen LogP contribution in [0.2, 0.25) is 0 Å². The van der Waals surface area contributed by atoms with Crippen molar-refractivity contribution in [1.29, 1.82) is 0 Å². The highest BCUT2D eigenvalue weighted by Crippen LogP contribution is 2.26. The van der Waals surface area contributed by atoms with E-state index in [2.05, 4.69) is 20.7 Å². The summed E-state index contributed by atoms with van der Waals surface area (Å²) in [5, 5.41) is 8.60. The largest absolute Gasteiger partial charge is 0.481 e. The first-order valence-corrected chi connectivity index (χ1v) is 8.23. The molecule has 21 heavy (non-hydrogen) atoms. The second-order valence-electron chi connectivity index (χ2n) is 4.27. The Morgan fingerprint density at radius 1 is 1.48 bits per heavy atom. The first-order chi connectivity index (χ1) is 9.77. The fourth-order valence-corrected chi connectivity index (χ4v) is 2.97. The summed E-state index contributed by atoms with van der Waals surface area (Å²) < 4.78 is 33.4. The number of nitrogens with zero attached hydrogens (tertiary/aromatic N) is 1. The molecular weight excluding hydrogens is 364 g/mol. The van der Waals surface area contributed by atoms with Crippen LogP contribution in [0, 0.1) is 0 Å². The van der Waals surface area contributed by atoms with Gasteiger partial charge in [0.05, 0.1) is 18.7 Å². The van der Waals surface area contributed by atoms with Crippen molar-refractivity contribution in [3.63, 3.8) is 0 Å². The lowest BCUT2D eigenvalue weighted by molar-refractivity contribution is -0.137. The zero-order valence-electron chi connectivity index (χ0n) is 11.7. The van der Waals surface area contributed by atoms with Crippen LogP contribution in [0.3, 0.4) is 0 Å². The van der Waals surface area contributed by atoms with Gasteiger partial charge in [-0.15, -0.1) is 0 Å². The number of anilines is 1. The molecule has 0 unspecified atom stereocenters. The third kappa shape index (κ3) is 5.27. The quantitative estimate of drug-likeness (QED) is 0.714. The third-order valence-corrected chi connectivity index (χ3v) is 4.92. The molecular formula is C12H17BrN2O5S. The van der Waals surface area contributed by atoms with Gasteiger partial charge < -0.3 is 9.84 Å². The van der Waals surface area contributed by atoms with Gasteiger partial charge in [-0.2, -0.15) is 12.7 Å². The number of rotatable bonds is 8. The molecule has 7 nitrogen and oxygen atoms in total. The van der Waals surface area contributed by atoms with Crippen LogP contribution in [0.4, 0.5) is 5.69 Å². The van der Waals surface area contributed by atoms with Crippen molar-refractivity contribution < 1.29 is 23.1 Å². The van der Waals surface area contributed by atoms with Crippen LogP contribution >= 0.6 is 15.9 Å². The number of carboxylic acid groups (broad SMARTS) is 1. The van der Waals surface area contributed by atoms with E-state index in [1.807, 2.05) is 0 Å². The van der Waals surface area contributed by atoms with Gasteiger partial charge in [-0.3, -0.25) is 9.52 Å². The van der Waals surface area contributed by atoms with E-state index in [4.69, 9.17) is 9.84 Å². The first-order valence-electron chi connectivity index (χ1n) is 6.00. The molecule has 0 aliphatic carbocycles. The van der Waals surface area contributed by atoms with E-state index in [0.717, 1.165) is 8.78 Å². The lowest BCUT2D eigenvalue weighted by Gasteiger charge is -2.19. The lowest BCUT2D eigenvalue weighted by Crippen LogP contribution is -2.34. The van der Waals surface area contributed by atoms with Crippen molar-refractivity contribution in [2.75, 3.05) is 25.4 Å². The predicted molar refractivity (Wildman–Crippen MR) is 82.3 cm³/mol. The smallest absolute Gasteiger partial charge is 0.304 e. The van der Waals surface area contributed by atoms with Gasteiger partial charge >= 0.3 is 16.2 Å². The fourth-order valence-electron chi connectivity index (χ4n) is 1.54. The van der Waals surface area contributed by atoms with Crippen LogP contribution in [0.5, 0.6) is 0 Å². The predicted octanol–water partition coefficient (Wildman–Crippen LogP) is 1.66. The van der Waals surface area contributed by atoms with E-state index in [1.54, 1.807) is 18.2 Å². The fraction of sp³-hybridized carbons (Fsp3) is 0.417. The molecule has 9 heteroatoms. The number of carboxylic acids is 1. The van der Waals surface area contributed by atoms with Crippen LogP contribution in [-0.2, 0) is 26.3 Å². The number of ether oxygens (including phenoxy) is 1. The number of carbonyl (C=O) groups is 1. The lowest BCUT2D eigenvalue weighted by atomic mass is 10.2. The normalized spacial score (nSPS) is 11.6. The number of nitrogens with one attached hydrogen (secondary N) is 1. The Bertz CT molecular complexity index is 606. The second-order valence-corrected chi connectivity index (χ2v) is 6.90. The Hall–Kier alpha value is -1.16. The highest BCUT2D eigenvalue weighted by Gasteiger charge is 2.20. The molecule has 0 atom stereocenters. The van der Waals surface area contributed by atoms with Gasteiger partial charge in [0.15, 0.2) is 0 Å². The van der Waals surface area contributed by atoms with Gasteiger partial charge in [0.2, 0.25) is 0 Å². The second kappa shape index (κ2) is 7.74. The number of halogens is 1. The average Bonchev–Trinajstić information content (AvgIpc) is 2.39. The molecule has 1 aromatic rings. The summed E-state index contributed by atoms with van der Waals surface area (Å²) in [7, 11) is -0.994. The summed E-state index contributed by atoms with van der Waals surface area (Å²) in [6, 6.07) is 5.08. The molecule has 0 saturated carbocycles. The molecule has 0 fully saturated rings. The summed E-state index contributed by atoms with van der Waals surface area (Å²) >= 11 is 3.34. The third-order valence-electron chi connectivity index (χ3n) is 2.70. The number of methoxy groups -OCH3 is 1. The maximum Gasteiger partial charge on any atom is 0.304 e. The van der Waals surface area contributed by atoms with Crippen molar-refractivity contribution in [1.82, 2.24) is 4.31 Å². The first kappa shape index (κ1) is 17.9. The van der Waals surface area contributed by atoms with E-state index >= 15 is 0 Å². The van der Waals surface area contributed by atoms with Crippen LogP contribution in [0.25, 0.3) is 0 Å². The molecule has 0 aliphatic heterocycles. The average molecular weight is 381 g/mol. The molecule has 1 rings (SSSR count). The Morgan fingerprint density at radius 2 is 2.14 bits per heavy atom. The monoisotopic (exact) mass is 380 g/mol. The highest BCUT2D eigenvalue weighted by atomic mass is 79.9. The van der Waals surface area contributed by atoms with Crippen LogP contribution in [0.1, 0.15) is 12.0 Å². The molecule has 0 heterocycles. The van der Waals surface area contributed by atoms with Gasteiger partial charge in [0.1, 0.15) is 0 Å². The summed E-state index contributed by atoms with van der Waals surface area (Å²) in [6.45, 7) is 0.121. The van der Waals surface area contributed by atoms with E-state index in [1.165, 1.54) is 14.2 Å². The Kier molecular flexibility index (Phi) is 6.59. The molecule has 0 spiro atoms. The molecule has 2 N–H and O–H groups in total. The summed E-state index contributed by atoms with van der Waals surface area (Å²) in [5.74, 6) is -1.06. The maximum absolute atomic E-state index is 12.1. The van der Waals surface area contributed by atoms with Crippen molar-refractivity contribution in [3.8, 4) is 0 Å². The highest BCUT2D eigenvalue weighted by molar-refractivity contribution is 9.10. The zero-order chi connectivity index (χ0) is 16.0. The van der Waals surface area contributed by atoms with Crippen molar-refractivity contribution >= 4 is 37.8 Å². The van der Waals surface area contributed by atoms with E-state index in [0.29, 0.717) is 11.3 Å². The Morgan fingerprint density at radius 3 is 2.71 bits per heavy atom. The molecule has 118 valence electrons. The maximum atomic E-state index is 12.1. The molecule has 0 saturated heterocycles. The summed E-state index contributed by atoms with van der Waals surface area (Å²) in [6.07, 6.45) is -0.263. The molecule has 0 radical (unpaired) electrons. The zero-order valence-corrected chi connectivity index (χ0v) is 14.1. The van der Waals surface area contributed by atoms with Gasteiger partial charge in [0, 0.05) is 30.7 Å². The summed E-state index contributed by atoms with van der Waals surface area (Å²) in [5.41, 5.74) is 1.05.